The molecule has 1 heterocycles. The molecule has 0 spiro atoms. The van der Waals surface area contributed by atoms with Crippen molar-refractivity contribution in [1.29, 1.82) is 5.26 Å². The van der Waals surface area contributed by atoms with Crippen molar-refractivity contribution in [3.63, 3.8) is 0 Å². The number of pyridine rings is 1. The van der Waals surface area contributed by atoms with Crippen LogP contribution in [-0.4, -0.2) is 22.6 Å². The minimum Gasteiger partial charge on any atom is -0.272 e. The van der Waals surface area contributed by atoms with Gasteiger partial charge in [0.1, 0.15) is 11.1 Å². The van der Waals surface area contributed by atoms with Gasteiger partial charge in [-0.2, -0.15) is 5.26 Å². The van der Waals surface area contributed by atoms with Gasteiger partial charge in [0.25, 0.3) is 5.91 Å². The summed E-state index contributed by atoms with van der Waals surface area (Å²) in [5.41, 5.74) is 11.2. The quantitative estimate of drug-likeness (QED) is 0.219. The van der Waals surface area contributed by atoms with Crippen LogP contribution in [0.3, 0.4) is 0 Å². The van der Waals surface area contributed by atoms with E-state index in [2.05, 4.69) is 49.8 Å². The minimum atomic E-state index is -0.410. The highest BCUT2D eigenvalue weighted by Gasteiger charge is 2.19. The number of nitrogens with one attached hydrogen (secondary N) is 2. The maximum Gasteiger partial charge on any atom is 0.269 e. The van der Waals surface area contributed by atoms with Crippen molar-refractivity contribution in [2.24, 2.45) is 0 Å². The fraction of sp³-hybridized carbons (Fsp3) is 0.188. The van der Waals surface area contributed by atoms with E-state index in [9.17, 15) is 14.9 Å². The van der Waals surface area contributed by atoms with Gasteiger partial charge in [0.2, 0.25) is 5.91 Å². The van der Waals surface area contributed by atoms with Gasteiger partial charge in [0.15, 0.2) is 0 Å². The minimum absolute atomic E-state index is 0.00722. The molecule has 0 aliphatic carbocycles. The molecule has 0 fully saturated rings. The Kier molecular flexibility index (Phi) is 8.48. The summed E-state index contributed by atoms with van der Waals surface area (Å²) in [6.45, 7) is 8.41. The fourth-order valence-electron chi connectivity index (χ4n) is 3.94. The lowest BCUT2D eigenvalue weighted by Gasteiger charge is -2.19. The summed E-state index contributed by atoms with van der Waals surface area (Å²) in [5, 5.41) is 10.6. The van der Waals surface area contributed by atoms with Crippen LogP contribution in [0.25, 0.3) is 22.4 Å². The Morgan fingerprint density at radius 2 is 1.56 bits per heavy atom. The molecule has 0 aliphatic heterocycles. The van der Waals surface area contributed by atoms with E-state index in [1.165, 1.54) is 5.56 Å². The van der Waals surface area contributed by atoms with Crippen molar-refractivity contribution >= 4 is 23.6 Å². The Bertz CT molecular complexity index is 1520. The van der Waals surface area contributed by atoms with Gasteiger partial charge in [0.05, 0.1) is 17.0 Å². The highest BCUT2D eigenvalue weighted by molar-refractivity contribution is 8.00. The molecule has 196 valence electrons. The van der Waals surface area contributed by atoms with Gasteiger partial charge >= 0.3 is 0 Å². The molecule has 1 aromatic heterocycles. The van der Waals surface area contributed by atoms with E-state index in [1.807, 2.05) is 67.6 Å². The number of benzene rings is 3. The number of hydrogen-bond acceptors (Lipinski definition) is 5. The number of carbonyl (C=O) groups excluding carboxylic acids is 2. The van der Waals surface area contributed by atoms with Gasteiger partial charge in [-0.25, -0.2) is 4.98 Å². The van der Waals surface area contributed by atoms with E-state index < -0.39 is 11.8 Å². The predicted octanol–water partition coefficient (Wildman–Crippen LogP) is 6.45. The second-order valence-corrected chi connectivity index (χ2v) is 11.2. The maximum absolute atomic E-state index is 12.6. The van der Waals surface area contributed by atoms with Crippen LogP contribution in [0, 0.1) is 18.3 Å². The summed E-state index contributed by atoms with van der Waals surface area (Å²) >= 11 is 1.16. The van der Waals surface area contributed by atoms with Gasteiger partial charge in [-0.15, -0.1) is 0 Å². The van der Waals surface area contributed by atoms with E-state index in [0.29, 0.717) is 21.8 Å². The fourth-order valence-corrected chi connectivity index (χ4v) is 4.74. The van der Waals surface area contributed by atoms with Gasteiger partial charge in [-0.3, -0.25) is 20.4 Å². The van der Waals surface area contributed by atoms with Gasteiger partial charge in [0, 0.05) is 16.7 Å². The van der Waals surface area contributed by atoms with E-state index in [1.54, 1.807) is 12.1 Å². The first-order valence-electron chi connectivity index (χ1n) is 12.6. The number of hydrazine groups is 1. The van der Waals surface area contributed by atoms with Crippen molar-refractivity contribution in [3.05, 3.63) is 107 Å². The lowest BCUT2D eigenvalue weighted by atomic mass is 9.86. The van der Waals surface area contributed by atoms with E-state index in [0.717, 1.165) is 34.0 Å². The molecule has 0 radical (unpaired) electrons. The molecule has 0 aliphatic rings. The van der Waals surface area contributed by atoms with Crippen LogP contribution in [0.2, 0.25) is 0 Å². The van der Waals surface area contributed by atoms with Crippen LogP contribution in [0.1, 0.15) is 47.8 Å². The molecule has 0 bridgehead atoms. The van der Waals surface area contributed by atoms with E-state index >= 15 is 0 Å². The largest absolute Gasteiger partial charge is 0.272 e. The lowest BCUT2D eigenvalue weighted by Crippen LogP contribution is -2.42. The Balaban J connectivity index is 1.59. The van der Waals surface area contributed by atoms with E-state index in [-0.39, 0.29) is 11.2 Å². The van der Waals surface area contributed by atoms with Crippen molar-refractivity contribution in [3.8, 4) is 28.5 Å². The number of thioether (sulfide) groups is 1. The molecular formula is C32H30N4O2S. The topological polar surface area (TPSA) is 94.9 Å². The number of carbonyl (C=O) groups is 2. The monoisotopic (exact) mass is 534 g/mol. The zero-order valence-electron chi connectivity index (χ0n) is 22.4. The molecule has 2 amide bonds. The molecule has 4 aromatic rings. The van der Waals surface area contributed by atoms with Crippen LogP contribution >= 0.6 is 11.8 Å². The average molecular weight is 535 g/mol. The van der Waals surface area contributed by atoms with Crippen LogP contribution in [0.15, 0.2) is 90.0 Å². The number of aromatic nitrogens is 1. The normalized spacial score (nSPS) is 10.9. The van der Waals surface area contributed by atoms with Crippen LogP contribution in [0.4, 0.5) is 0 Å². The molecule has 0 atom stereocenters. The number of nitriles is 1. The average Bonchev–Trinajstić information content (AvgIpc) is 2.94. The first-order valence-corrected chi connectivity index (χ1v) is 13.5. The summed E-state index contributed by atoms with van der Waals surface area (Å²) in [4.78, 5) is 29.7. The molecule has 0 saturated carbocycles. The van der Waals surface area contributed by atoms with Gasteiger partial charge in [-0.05, 0) is 41.7 Å². The highest BCUT2D eigenvalue weighted by Crippen LogP contribution is 2.35. The third-order valence-corrected chi connectivity index (χ3v) is 7.17. The van der Waals surface area contributed by atoms with Crippen LogP contribution in [0.5, 0.6) is 0 Å². The van der Waals surface area contributed by atoms with Crippen molar-refractivity contribution in [1.82, 2.24) is 15.8 Å². The Labute approximate surface area is 233 Å². The number of amides is 2. The molecule has 6 nitrogen and oxygen atoms in total. The first kappa shape index (κ1) is 27.6. The van der Waals surface area contributed by atoms with E-state index in [4.69, 9.17) is 4.98 Å². The van der Waals surface area contributed by atoms with Crippen LogP contribution in [-0.2, 0) is 10.2 Å². The molecular weight excluding hydrogens is 504 g/mol. The molecule has 3 aromatic carbocycles. The van der Waals surface area contributed by atoms with Gasteiger partial charge < -0.3 is 0 Å². The summed E-state index contributed by atoms with van der Waals surface area (Å²) in [6.07, 6.45) is 0. The SMILES string of the molecule is Cc1ccc(C(=O)NNC(=O)CSc2nc(-c3ccccc3)cc(-c3ccc(C(C)(C)C)cc3)c2C#N)cc1. The summed E-state index contributed by atoms with van der Waals surface area (Å²) in [5.74, 6) is -0.847. The van der Waals surface area contributed by atoms with Crippen molar-refractivity contribution in [2.75, 3.05) is 5.75 Å². The molecule has 39 heavy (non-hydrogen) atoms. The second-order valence-electron chi connectivity index (χ2n) is 10.2. The number of nitrogens with zero attached hydrogens (tertiary/aromatic N) is 2. The lowest BCUT2D eigenvalue weighted by molar-refractivity contribution is -0.119. The van der Waals surface area contributed by atoms with Crippen LogP contribution < -0.4 is 10.9 Å². The Morgan fingerprint density at radius 3 is 2.18 bits per heavy atom. The van der Waals surface area contributed by atoms with Crippen molar-refractivity contribution < 1.29 is 9.59 Å². The Morgan fingerprint density at radius 1 is 0.897 bits per heavy atom. The summed E-state index contributed by atoms with van der Waals surface area (Å²) in [6, 6.07) is 29.2. The summed E-state index contributed by atoms with van der Waals surface area (Å²) in [7, 11) is 0. The standard InChI is InChI=1S/C32H30N4O2S/c1-21-10-12-24(13-11-21)30(38)36-35-29(37)20-39-31-27(19-33)26(18-28(34-31)23-8-6-5-7-9-23)22-14-16-25(17-15-22)32(2,3)4/h5-18H,20H2,1-4H3,(H,35,37)(H,36,38). The molecule has 0 unspecified atom stereocenters. The molecule has 7 heteroatoms. The summed E-state index contributed by atoms with van der Waals surface area (Å²) < 4.78 is 0. The zero-order chi connectivity index (χ0) is 28.0. The number of rotatable bonds is 6. The smallest absolute Gasteiger partial charge is 0.269 e. The zero-order valence-corrected chi connectivity index (χ0v) is 23.2. The highest BCUT2D eigenvalue weighted by atomic mass is 32.2. The molecule has 0 saturated heterocycles. The third kappa shape index (κ3) is 6.92. The predicted molar refractivity (Wildman–Crippen MR) is 156 cm³/mol. The number of hydrogen-bond donors (Lipinski definition) is 2. The maximum atomic E-state index is 12.6. The Hall–Kier alpha value is -4.41. The number of aryl methyl sites for hydroxylation is 1. The molecule has 2 N–H and O–H groups in total. The molecule has 4 rings (SSSR count). The van der Waals surface area contributed by atoms with Crippen molar-refractivity contribution in [2.45, 2.75) is 38.1 Å². The third-order valence-electron chi connectivity index (χ3n) is 6.20. The first-order chi connectivity index (χ1) is 18.7. The second kappa shape index (κ2) is 12.0. The van der Waals surface area contributed by atoms with Gasteiger partial charge in [-0.1, -0.05) is 105 Å².